The summed E-state index contributed by atoms with van der Waals surface area (Å²) in [4.78, 5) is 17.8. The van der Waals surface area contributed by atoms with Gasteiger partial charge >= 0.3 is 0 Å². The van der Waals surface area contributed by atoms with Crippen molar-refractivity contribution in [3.8, 4) is 5.75 Å². The molecule has 2 aromatic carbocycles. The van der Waals surface area contributed by atoms with Gasteiger partial charge in [-0.2, -0.15) is 0 Å². The van der Waals surface area contributed by atoms with Gasteiger partial charge in [-0.1, -0.05) is 0 Å². The van der Waals surface area contributed by atoms with E-state index in [4.69, 9.17) is 10.1 Å². The minimum atomic E-state index is -0.0140. The molecule has 1 aliphatic rings. The number of nitrogens with one attached hydrogen (secondary N) is 1. The Morgan fingerprint density at radius 3 is 2.57 bits per heavy atom. The van der Waals surface area contributed by atoms with Gasteiger partial charge in [-0.25, -0.2) is 4.98 Å². The van der Waals surface area contributed by atoms with E-state index in [0.717, 1.165) is 16.7 Å². The number of amidine groups is 1. The van der Waals surface area contributed by atoms with Crippen molar-refractivity contribution in [2.24, 2.45) is 7.05 Å². The number of carbonyl (C=O) groups is 1. The van der Waals surface area contributed by atoms with Crippen LogP contribution >= 0.6 is 0 Å². The lowest BCUT2D eigenvalue weighted by Gasteiger charge is -2.19. The number of aryl methyl sites for hydroxylation is 1. The molecule has 4 rings (SSSR count). The lowest BCUT2D eigenvalue weighted by atomic mass is 10.1. The molecule has 2 N–H and O–H groups in total. The van der Waals surface area contributed by atoms with Gasteiger partial charge in [0.25, 0.3) is 0 Å². The molecule has 1 aromatic heterocycles. The predicted molar refractivity (Wildman–Crippen MR) is 108 cm³/mol. The van der Waals surface area contributed by atoms with Crippen molar-refractivity contribution in [1.29, 1.82) is 5.41 Å². The number of ether oxygens (including phenoxy) is 1. The number of benzene rings is 2. The van der Waals surface area contributed by atoms with E-state index in [0.29, 0.717) is 22.7 Å². The molecule has 142 valence electrons. The van der Waals surface area contributed by atoms with Crippen LogP contribution in [0.5, 0.6) is 5.75 Å². The Labute approximate surface area is 162 Å². The average Bonchev–Trinajstić information content (AvgIpc) is 3.17. The van der Waals surface area contributed by atoms with Gasteiger partial charge in [0.15, 0.2) is 5.78 Å². The maximum Gasteiger partial charge on any atom is 0.159 e. The van der Waals surface area contributed by atoms with Crippen LogP contribution in [-0.2, 0) is 7.05 Å². The first-order chi connectivity index (χ1) is 13.4. The second-order valence-electron chi connectivity index (χ2n) is 6.71. The first-order valence-corrected chi connectivity index (χ1v) is 8.81. The van der Waals surface area contributed by atoms with Crippen molar-refractivity contribution in [2.75, 3.05) is 18.6 Å². The third kappa shape index (κ3) is 2.72. The number of hydrogen-bond acceptors (Lipinski definition) is 5. The number of fused-ring (bicyclic) bond motifs is 1. The molecule has 0 bridgehead atoms. The van der Waals surface area contributed by atoms with Crippen LogP contribution in [0.1, 0.15) is 23.1 Å². The lowest BCUT2D eigenvalue weighted by Crippen LogP contribution is -2.26. The van der Waals surface area contributed by atoms with Crippen molar-refractivity contribution >= 4 is 33.9 Å². The molecule has 7 nitrogen and oxygen atoms in total. The second-order valence-corrected chi connectivity index (χ2v) is 6.71. The number of anilines is 1. The molecule has 0 unspecified atom stereocenters. The number of aliphatic hydroxyl groups excluding tert-OH is 1. The molecule has 3 aromatic rings. The molecule has 0 saturated carbocycles. The molecule has 0 spiro atoms. The number of aromatic nitrogens is 2. The van der Waals surface area contributed by atoms with Gasteiger partial charge in [0.2, 0.25) is 0 Å². The van der Waals surface area contributed by atoms with Crippen molar-refractivity contribution in [3.05, 3.63) is 59.6 Å². The van der Waals surface area contributed by atoms with Crippen molar-refractivity contribution in [1.82, 2.24) is 9.55 Å². The molecule has 0 saturated heterocycles. The summed E-state index contributed by atoms with van der Waals surface area (Å²) >= 11 is 0. The summed E-state index contributed by atoms with van der Waals surface area (Å²) < 4.78 is 7.11. The predicted octanol–water partition coefficient (Wildman–Crippen LogP) is 3.55. The Bertz CT molecular complexity index is 1140. The summed E-state index contributed by atoms with van der Waals surface area (Å²) in [5, 5.41) is 19.2. The molecular weight excluding hydrogens is 356 g/mol. The summed E-state index contributed by atoms with van der Waals surface area (Å²) in [6.45, 7) is 1.69. The third-order valence-corrected chi connectivity index (χ3v) is 5.00. The number of Topliss-reactive ketones (excluding diaryl/α,β-unsaturated/α-hetero) is 1. The Balaban J connectivity index is 1.72. The first-order valence-electron chi connectivity index (χ1n) is 8.81. The van der Waals surface area contributed by atoms with Gasteiger partial charge in [0.1, 0.15) is 23.2 Å². The fourth-order valence-corrected chi connectivity index (χ4v) is 3.44. The van der Waals surface area contributed by atoms with E-state index in [1.54, 1.807) is 36.3 Å². The number of carbonyl (C=O) groups excluding carboxylic acids is 1. The highest BCUT2D eigenvalue weighted by molar-refractivity contribution is 6.30. The third-order valence-electron chi connectivity index (χ3n) is 5.00. The summed E-state index contributed by atoms with van der Waals surface area (Å²) in [5.74, 6) is 1.46. The van der Waals surface area contributed by atoms with Crippen LogP contribution in [0.4, 0.5) is 5.69 Å². The van der Waals surface area contributed by atoms with E-state index >= 15 is 0 Å². The first kappa shape index (κ1) is 17.8. The number of nitrogens with zero attached hydrogens (tertiary/aromatic N) is 3. The largest absolute Gasteiger partial charge is 0.509 e. The molecule has 28 heavy (non-hydrogen) atoms. The van der Waals surface area contributed by atoms with E-state index in [1.165, 1.54) is 6.92 Å². The standard InChI is InChI=1S/C21H20N4O3/c1-12(26)13-4-6-14(7-5-13)25-11-18(27)19(20(25)22)21-23-16-10-15(28-3)8-9-17(16)24(21)2/h4-10,22,27H,11H2,1-3H3. The summed E-state index contributed by atoms with van der Waals surface area (Å²) in [7, 11) is 3.45. The number of rotatable bonds is 4. The van der Waals surface area contributed by atoms with Gasteiger partial charge in [-0.3, -0.25) is 10.2 Å². The van der Waals surface area contributed by atoms with E-state index < -0.39 is 0 Å². The second kappa shape index (κ2) is 6.53. The van der Waals surface area contributed by atoms with Crippen LogP contribution in [0, 0.1) is 5.41 Å². The molecule has 2 heterocycles. The van der Waals surface area contributed by atoms with Crippen molar-refractivity contribution < 1.29 is 14.6 Å². The number of imidazole rings is 1. The smallest absolute Gasteiger partial charge is 0.159 e. The van der Waals surface area contributed by atoms with Gasteiger partial charge in [0, 0.05) is 24.4 Å². The van der Waals surface area contributed by atoms with Crippen LogP contribution in [0.15, 0.2) is 48.2 Å². The number of ketones is 1. The normalized spacial score (nSPS) is 14.2. The van der Waals surface area contributed by atoms with Crippen molar-refractivity contribution in [2.45, 2.75) is 6.92 Å². The van der Waals surface area contributed by atoms with Crippen LogP contribution in [0.25, 0.3) is 16.6 Å². The van der Waals surface area contributed by atoms with Crippen LogP contribution < -0.4 is 9.64 Å². The molecule has 0 radical (unpaired) electrons. The van der Waals surface area contributed by atoms with E-state index in [-0.39, 0.29) is 23.9 Å². The number of aliphatic hydroxyl groups is 1. The SMILES string of the molecule is COc1ccc2c(c1)nc(C1=C(O)CN(c3ccc(C(C)=O)cc3)C1=N)n2C. The maximum atomic E-state index is 11.5. The van der Waals surface area contributed by atoms with Crippen molar-refractivity contribution in [3.63, 3.8) is 0 Å². The fraction of sp³-hybridized carbons (Fsp3) is 0.190. The van der Waals surface area contributed by atoms with Crippen LogP contribution in [-0.4, -0.2) is 39.9 Å². The van der Waals surface area contributed by atoms with E-state index in [9.17, 15) is 9.90 Å². The molecule has 0 fully saturated rings. The summed E-state index contributed by atoms with van der Waals surface area (Å²) in [6.07, 6.45) is 0. The maximum absolute atomic E-state index is 11.5. The van der Waals surface area contributed by atoms with E-state index in [1.807, 2.05) is 29.8 Å². The Morgan fingerprint density at radius 2 is 1.93 bits per heavy atom. The molecule has 7 heteroatoms. The summed E-state index contributed by atoms with van der Waals surface area (Å²) in [5.41, 5.74) is 3.35. The number of methoxy groups -OCH3 is 1. The zero-order chi connectivity index (χ0) is 20.0. The zero-order valence-corrected chi connectivity index (χ0v) is 15.9. The highest BCUT2D eigenvalue weighted by atomic mass is 16.5. The van der Waals surface area contributed by atoms with E-state index in [2.05, 4.69) is 4.98 Å². The lowest BCUT2D eigenvalue weighted by molar-refractivity contribution is 0.101. The zero-order valence-electron chi connectivity index (χ0n) is 15.9. The molecule has 0 atom stereocenters. The fourth-order valence-electron chi connectivity index (χ4n) is 3.44. The Kier molecular flexibility index (Phi) is 4.15. The molecular formula is C21H20N4O3. The Morgan fingerprint density at radius 1 is 1.21 bits per heavy atom. The molecule has 1 aliphatic heterocycles. The summed E-state index contributed by atoms with van der Waals surface area (Å²) in [6, 6.07) is 12.6. The highest BCUT2D eigenvalue weighted by Crippen LogP contribution is 2.32. The van der Waals surface area contributed by atoms with Gasteiger partial charge in [0.05, 0.1) is 30.3 Å². The van der Waals surface area contributed by atoms with Crippen LogP contribution in [0.2, 0.25) is 0 Å². The minimum absolute atomic E-state index is 0.0140. The topological polar surface area (TPSA) is 91.4 Å². The minimum Gasteiger partial charge on any atom is -0.509 e. The molecule has 0 amide bonds. The van der Waals surface area contributed by atoms with Gasteiger partial charge in [-0.05, 0) is 43.3 Å². The Hall–Kier alpha value is -3.61. The van der Waals surface area contributed by atoms with Gasteiger partial charge in [-0.15, -0.1) is 0 Å². The average molecular weight is 376 g/mol. The quantitative estimate of drug-likeness (QED) is 0.680. The van der Waals surface area contributed by atoms with Crippen LogP contribution in [0.3, 0.4) is 0 Å². The van der Waals surface area contributed by atoms with Gasteiger partial charge < -0.3 is 19.3 Å². The monoisotopic (exact) mass is 376 g/mol. The molecule has 0 aliphatic carbocycles. The number of hydrogen-bond donors (Lipinski definition) is 2. The highest BCUT2D eigenvalue weighted by Gasteiger charge is 2.32.